The molecule has 0 saturated heterocycles. The first-order chi connectivity index (χ1) is 17.6. The van der Waals surface area contributed by atoms with Crippen molar-refractivity contribution in [1.82, 2.24) is 0 Å². The van der Waals surface area contributed by atoms with Crippen LogP contribution in [0.15, 0.2) is 12.2 Å². The summed E-state index contributed by atoms with van der Waals surface area (Å²) in [6.07, 6.45) is 21.4. The number of carbonyl (C=O) groups is 1. The summed E-state index contributed by atoms with van der Waals surface area (Å²) in [5.74, 6) is -0.492. The number of unbranched alkanes of at least 4 members (excludes halogenated alkanes) is 12. The van der Waals surface area contributed by atoms with Crippen LogP contribution in [0.25, 0.3) is 0 Å². The number of phosphoric acid groups is 1. The number of quaternary nitrogens is 1. The lowest BCUT2D eigenvalue weighted by molar-refractivity contribution is -0.870. The molecule has 2 atom stereocenters. The zero-order chi connectivity index (χ0) is 27.8. The van der Waals surface area contributed by atoms with Gasteiger partial charge in [-0.1, -0.05) is 76.9 Å². The molecule has 0 aliphatic rings. The Bertz CT molecular complexity index is 622. The predicted octanol–water partition coefficient (Wildman–Crippen LogP) is 6.81. The molecule has 220 valence electrons. The molecule has 0 spiro atoms. The highest BCUT2D eigenvalue weighted by Gasteiger charge is 2.25. The molecular formula is C28H57NO7P+. The van der Waals surface area contributed by atoms with Gasteiger partial charge in [-0.2, -0.15) is 0 Å². The molecule has 0 aromatic heterocycles. The standard InChI is InChI=1S/C28H56NO7P/c1-6-7-8-9-10-11-12-13-14-15-16-17-18-19-20-21-23-33-25-28(36-27(2)30)26-35-37(31,32)34-24-22-29(3,4)5/h13-14,28H,6-12,15-26H2,1-5H3/p+1/t28-/m1/s1. The van der Waals surface area contributed by atoms with E-state index in [0.29, 0.717) is 17.6 Å². The van der Waals surface area contributed by atoms with E-state index in [1.165, 1.54) is 84.0 Å². The Morgan fingerprint density at radius 3 is 1.89 bits per heavy atom. The zero-order valence-corrected chi connectivity index (χ0v) is 25.4. The molecule has 8 nitrogen and oxygen atoms in total. The van der Waals surface area contributed by atoms with Gasteiger partial charge in [0.15, 0.2) is 0 Å². The van der Waals surface area contributed by atoms with Gasteiger partial charge in [0.25, 0.3) is 0 Å². The van der Waals surface area contributed by atoms with E-state index in [1.807, 2.05) is 21.1 Å². The van der Waals surface area contributed by atoms with Crippen molar-refractivity contribution in [2.75, 3.05) is 54.1 Å². The maximum atomic E-state index is 12.1. The number of nitrogens with zero attached hydrogens (tertiary/aromatic N) is 1. The number of esters is 1. The molecule has 0 radical (unpaired) electrons. The van der Waals surface area contributed by atoms with Gasteiger partial charge in [0.2, 0.25) is 0 Å². The SMILES string of the molecule is CCCCCCCCC=CCCCCCCCCOC[C@H](COP(=O)(O)OCC[N+](C)(C)C)OC(C)=O. The van der Waals surface area contributed by atoms with Crippen LogP contribution in [-0.4, -0.2) is 75.6 Å². The van der Waals surface area contributed by atoms with Crippen LogP contribution in [0.1, 0.15) is 104 Å². The number of phosphoric ester groups is 1. The topological polar surface area (TPSA) is 91.3 Å². The molecule has 0 aliphatic heterocycles. The monoisotopic (exact) mass is 550 g/mol. The van der Waals surface area contributed by atoms with Gasteiger partial charge in [-0.25, -0.2) is 4.57 Å². The molecule has 0 bridgehead atoms. The van der Waals surface area contributed by atoms with Gasteiger partial charge in [-0.3, -0.25) is 13.8 Å². The second-order valence-electron chi connectivity index (χ2n) is 10.9. The second kappa shape index (κ2) is 23.2. The van der Waals surface area contributed by atoms with E-state index in [9.17, 15) is 14.3 Å². The minimum atomic E-state index is -4.22. The minimum Gasteiger partial charge on any atom is -0.458 e. The van der Waals surface area contributed by atoms with Crippen LogP contribution in [0.5, 0.6) is 0 Å². The number of rotatable bonds is 26. The molecule has 0 aromatic carbocycles. The lowest BCUT2D eigenvalue weighted by Crippen LogP contribution is -2.37. The fourth-order valence-electron chi connectivity index (χ4n) is 3.66. The summed E-state index contributed by atoms with van der Waals surface area (Å²) < 4.78 is 33.4. The van der Waals surface area contributed by atoms with E-state index in [1.54, 1.807) is 0 Å². The summed E-state index contributed by atoms with van der Waals surface area (Å²) >= 11 is 0. The van der Waals surface area contributed by atoms with E-state index < -0.39 is 19.9 Å². The lowest BCUT2D eigenvalue weighted by atomic mass is 10.1. The maximum absolute atomic E-state index is 12.1. The number of likely N-dealkylation sites (N-methyl/N-ethyl adjacent to an activating group) is 1. The highest BCUT2D eigenvalue weighted by atomic mass is 31.2. The summed E-state index contributed by atoms with van der Waals surface area (Å²) in [7, 11) is 1.65. The Morgan fingerprint density at radius 2 is 1.35 bits per heavy atom. The zero-order valence-electron chi connectivity index (χ0n) is 24.5. The Hall–Kier alpha value is -0.760. The van der Waals surface area contributed by atoms with Gasteiger partial charge in [0.1, 0.15) is 19.3 Å². The third kappa shape index (κ3) is 28.1. The molecule has 1 unspecified atom stereocenters. The van der Waals surface area contributed by atoms with Gasteiger partial charge in [-0.05, 0) is 32.1 Å². The Labute approximate surface area is 227 Å². The van der Waals surface area contributed by atoms with Crippen LogP contribution >= 0.6 is 7.82 Å². The molecule has 0 aliphatic carbocycles. The van der Waals surface area contributed by atoms with Crippen molar-refractivity contribution in [2.45, 2.75) is 110 Å². The van der Waals surface area contributed by atoms with Crippen LogP contribution in [0, 0.1) is 0 Å². The predicted molar refractivity (Wildman–Crippen MR) is 150 cm³/mol. The van der Waals surface area contributed by atoms with Crippen molar-refractivity contribution in [3.05, 3.63) is 12.2 Å². The molecule has 0 aromatic rings. The summed E-state index contributed by atoms with van der Waals surface area (Å²) in [5, 5.41) is 0. The van der Waals surface area contributed by atoms with Crippen LogP contribution in [0.4, 0.5) is 0 Å². The van der Waals surface area contributed by atoms with E-state index in [2.05, 4.69) is 19.1 Å². The van der Waals surface area contributed by atoms with Crippen LogP contribution < -0.4 is 0 Å². The van der Waals surface area contributed by atoms with E-state index >= 15 is 0 Å². The van der Waals surface area contributed by atoms with Crippen LogP contribution in [0.3, 0.4) is 0 Å². The molecule has 0 heterocycles. The number of carbonyl (C=O) groups excluding carboxylic acids is 1. The first kappa shape index (κ1) is 36.2. The summed E-state index contributed by atoms with van der Waals surface area (Å²) in [6.45, 7) is 4.59. The van der Waals surface area contributed by atoms with E-state index in [0.717, 1.165) is 12.8 Å². The number of hydrogen-bond acceptors (Lipinski definition) is 6. The highest BCUT2D eigenvalue weighted by Crippen LogP contribution is 2.43. The van der Waals surface area contributed by atoms with Crippen molar-refractivity contribution >= 4 is 13.8 Å². The Kier molecular flexibility index (Phi) is 22.7. The molecule has 9 heteroatoms. The molecule has 0 amide bonds. The number of ether oxygens (including phenoxy) is 2. The summed E-state index contributed by atoms with van der Waals surface area (Å²) in [6, 6.07) is 0. The average Bonchev–Trinajstić information content (AvgIpc) is 2.80. The summed E-state index contributed by atoms with van der Waals surface area (Å²) in [4.78, 5) is 21.2. The van der Waals surface area contributed by atoms with Crippen molar-refractivity contribution in [2.24, 2.45) is 0 Å². The molecule has 0 rings (SSSR count). The van der Waals surface area contributed by atoms with E-state index in [4.69, 9.17) is 18.5 Å². The Morgan fingerprint density at radius 1 is 0.811 bits per heavy atom. The highest BCUT2D eigenvalue weighted by molar-refractivity contribution is 7.47. The first-order valence-corrected chi connectivity index (χ1v) is 15.9. The fraction of sp³-hybridized carbons (Fsp3) is 0.893. The van der Waals surface area contributed by atoms with Crippen molar-refractivity contribution in [3.63, 3.8) is 0 Å². The van der Waals surface area contributed by atoms with Gasteiger partial charge in [0, 0.05) is 13.5 Å². The number of allylic oxidation sites excluding steroid dienone is 2. The minimum absolute atomic E-state index is 0.0853. The van der Waals surface area contributed by atoms with Gasteiger partial charge in [-0.15, -0.1) is 0 Å². The Balaban J connectivity index is 3.77. The molecule has 37 heavy (non-hydrogen) atoms. The fourth-order valence-corrected chi connectivity index (χ4v) is 4.40. The van der Waals surface area contributed by atoms with Gasteiger partial charge < -0.3 is 18.9 Å². The normalized spacial score (nSPS) is 14.6. The van der Waals surface area contributed by atoms with Crippen LogP contribution in [-0.2, 0) is 27.9 Å². The van der Waals surface area contributed by atoms with Gasteiger partial charge in [0.05, 0.1) is 34.4 Å². The van der Waals surface area contributed by atoms with E-state index in [-0.39, 0.29) is 19.8 Å². The van der Waals surface area contributed by atoms with Crippen molar-refractivity contribution in [3.8, 4) is 0 Å². The quantitative estimate of drug-likeness (QED) is 0.0416. The average molecular weight is 551 g/mol. The first-order valence-electron chi connectivity index (χ1n) is 14.4. The molecular weight excluding hydrogens is 493 g/mol. The van der Waals surface area contributed by atoms with Crippen molar-refractivity contribution in [1.29, 1.82) is 0 Å². The second-order valence-corrected chi connectivity index (χ2v) is 12.3. The smallest absolute Gasteiger partial charge is 0.458 e. The molecule has 0 fully saturated rings. The molecule has 0 saturated carbocycles. The lowest BCUT2D eigenvalue weighted by Gasteiger charge is -2.24. The van der Waals surface area contributed by atoms with Crippen LogP contribution in [0.2, 0.25) is 0 Å². The third-order valence-corrected chi connectivity index (χ3v) is 6.86. The third-order valence-electron chi connectivity index (χ3n) is 5.88. The molecule has 1 N–H and O–H groups in total. The van der Waals surface area contributed by atoms with Gasteiger partial charge >= 0.3 is 13.8 Å². The number of hydrogen-bond donors (Lipinski definition) is 1. The largest absolute Gasteiger partial charge is 0.472 e. The van der Waals surface area contributed by atoms with Crippen molar-refractivity contribution < 1.29 is 37.3 Å². The maximum Gasteiger partial charge on any atom is 0.472 e. The summed E-state index contributed by atoms with van der Waals surface area (Å²) in [5.41, 5.74) is 0.